The molecule has 0 aliphatic rings. The van der Waals surface area contributed by atoms with Crippen LogP contribution in [0.5, 0.6) is 0 Å². The van der Waals surface area contributed by atoms with Crippen LogP contribution in [0.3, 0.4) is 0 Å². The molecule has 0 saturated heterocycles. The van der Waals surface area contributed by atoms with Crippen LogP contribution in [0.15, 0.2) is 52.3 Å². The third-order valence-electron chi connectivity index (χ3n) is 5.23. The molecule has 0 fully saturated rings. The summed E-state index contributed by atoms with van der Waals surface area (Å²) in [5.74, 6) is -0.442. The number of anilines is 1. The molecule has 0 unspecified atom stereocenters. The predicted molar refractivity (Wildman–Crippen MR) is 134 cm³/mol. The molecular weight excluding hydrogens is 496 g/mol. The smallest absolute Gasteiger partial charge is 0.257 e. The average Bonchev–Trinajstić information content (AvgIpc) is 3.20. The van der Waals surface area contributed by atoms with Gasteiger partial charge in [0.05, 0.1) is 20.0 Å². The minimum atomic E-state index is -3.63. The van der Waals surface area contributed by atoms with Crippen LogP contribution in [0.25, 0.3) is 10.2 Å². The van der Waals surface area contributed by atoms with Crippen LogP contribution in [-0.4, -0.2) is 63.5 Å². The number of unbranched alkanes of at least 4 members (excludes halogenated alkanes) is 1. The van der Waals surface area contributed by atoms with E-state index in [1.165, 1.54) is 54.8 Å². The van der Waals surface area contributed by atoms with E-state index in [4.69, 9.17) is 0 Å². The maximum atomic E-state index is 12.9. The zero-order valence-corrected chi connectivity index (χ0v) is 21.9. The van der Waals surface area contributed by atoms with Crippen molar-refractivity contribution >= 4 is 52.6 Å². The Bertz CT molecular complexity index is 1380. The third kappa shape index (κ3) is 5.47. The molecule has 0 radical (unpaired) electrons. The number of hydrogen-bond donors (Lipinski definition) is 1. The number of amides is 1. The molecule has 0 aliphatic heterocycles. The highest BCUT2D eigenvalue weighted by Gasteiger charge is 2.23. The zero-order chi connectivity index (χ0) is 25.1. The Labute approximate surface area is 204 Å². The normalized spacial score (nSPS) is 12.5. The van der Waals surface area contributed by atoms with Gasteiger partial charge in [-0.1, -0.05) is 31.6 Å². The standard InChI is InChI=1S/C22H28N4O5S3/c1-5-7-14-26(6-2)34(30,31)17-10-8-16(9-11-17)21(27)24-22-23-19-13-12-18(15-20(19)32-22)33(28,29)25(3)4/h8-13,15H,5-7,14H2,1-4H3,(H,23,24,27). The molecule has 0 atom stereocenters. The highest BCUT2D eigenvalue weighted by molar-refractivity contribution is 7.89. The van der Waals surface area contributed by atoms with Gasteiger partial charge < -0.3 is 0 Å². The van der Waals surface area contributed by atoms with Crippen molar-refractivity contribution in [3.8, 4) is 0 Å². The van der Waals surface area contributed by atoms with E-state index in [0.29, 0.717) is 28.4 Å². The molecule has 2 aromatic carbocycles. The summed E-state index contributed by atoms with van der Waals surface area (Å²) in [5.41, 5.74) is 0.844. The fraction of sp³-hybridized carbons (Fsp3) is 0.364. The topological polar surface area (TPSA) is 117 Å². The predicted octanol–water partition coefficient (Wildman–Crippen LogP) is 3.61. The van der Waals surface area contributed by atoms with Crippen LogP contribution in [0, 0.1) is 0 Å². The summed E-state index contributed by atoms with van der Waals surface area (Å²) in [6.07, 6.45) is 1.67. The lowest BCUT2D eigenvalue weighted by molar-refractivity contribution is 0.102. The van der Waals surface area contributed by atoms with E-state index >= 15 is 0 Å². The molecular formula is C22H28N4O5S3. The molecule has 1 aromatic heterocycles. The quantitative estimate of drug-likeness (QED) is 0.433. The monoisotopic (exact) mass is 524 g/mol. The van der Waals surface area contributed by atoms with Crippen LogP contribution in [0.2, 0.25) is 0 Å². The van der Waals surface area contributed by atoms with Crippen molar-refractivity contribution in [3.05, 3.63) is 48.0 Å². The molecule has 1 N–H and O–H groups in total. The molecule has 34 heavy (non-hydrogen) atoms. The van der Waals surface area contributed by atoms with Gasteiger partial charge in [-0.25, -0.2) is 26.1 Å². The van der Waals surface area contributed by atoms with Gasteiger partial charge in [-0.05, 0) is 48.9 Å². The fourth-order valence-electron chi connectivity index (χ4n) is 3.21. The van der Waals surface area contributed by atoms with E-state index in [1.54, 1.807) is 13.0 Å². The Morgan fingerprint density at radius 1 is 0.971 bits per heavy atom. The van der Waals surface area contributed by atoms with Crippen LogP contribution < -0.4 is 5.32 Å². The Morgan fingerprint density at radius 2 is 1.62 bits per heavy atom. The Hall–Kier alpha value is -2.38. The van der Waals surface area contributed by atoms with E-state index < -0.39 is 26.0 Å². The second-order valence-electron chi connectivity index (χ2n) is 7.76. The second-order valence-corrected chi connectivity index (χ2v) is 12.9. The molecule has 1 amide bonds. The Morgan fingerprint density at radius 3 is 2.21 bits per heavy atom. The molecule has 3 rings (SSSR count). The summed E-state index contributed by atoms with van der Waals surface area (Å²) in [6.45, 7) is 4.63. The lowest BCUT2D eigenvalue weighted by Gasteiger charge is -2.20. The number of hydrogen-bond acceptors (Lipinski definition) is 7. The van der Waals surface area contributed by atoms with Gasteiger partial charge in [0.25, 0.3) is 5.91 Å². The van der Waals surface area contributed by atoms with Crippen molar-refractivity contribution in [2.24, 2.45) is 0 Å². The van der Waals surface area contributed by atoms with Gasteiger partial charge in [-0.3, -0.25) is 10.1 Å². The number of nitrogens with one attached hydrogen (secondary N) is 1. The van der Waals surface area contributed by atoms with Gasteiger partial charge in [-0.15, -0.1) is 0 Å². The first-order valence-corrected chi connectivity index (χ1v) is 14.4. The van der Waals surface area contributed by atoms with Crippen molar-refractivity contribution in [3.63, 3.8) is 0 Å². The van der Waals surface area contributed by atoms with Gasteiger partial charge in [0.15, 0.2) is 5.13 Å². The first kappa shape index (κ1) is 26.2. The third-order valence-corrected chi connectivity index (χ3v) is 9.96. The van der Waals surface area contributed by atoms with Crippen molar-refractivity contribution in [1.82, 2.24) is 13.6 Å². The average molecular weight is 525 g/mol. The zero-order valence-electron chi connectivity index (χ0n) is 19.5. The number of thiazole rings is 1. The molecule has 3 aromatic rings. The molecule has 12 heteroatoms. The Balaban J connectivity index is 1.78. The molecule has 0 spiro atoms. The Kier molecular flexibility index (Phi) is 8.09. The van der Waals surface area contributed by atoms with Crippen molar-refractivity contribution in [1.29, 1.82) is 0 Å². The summed E-state index contributed by atoms with van der Waals surface area (Å²) >= 11 is 1.16. The van der Waals surface area contributed by atoms with Gasteiger partial charge in [0.2, 0.25) is 20.0 Å². The molecule has 0 bridgehead atoms. The summed E-state index contributed by atoms with van der Waals surface area (Å²) < 4.78 is 53.6. The summed E-state index contributed by atoms with van der Waals surface area (Å²) in [7, 11) is -4.29. The van der Waals surface area contributed by atoms with Crippen LogP contribution in [0.1, 0.15) is 37.0 Å². The van der Waals surface area contributed by atoms with Crippen molar-refractivity contribution < 1.29 is 21.6 Å². The molecule has 0 saturated carbocycles. The molecule has 9 nitrogen and oxygen atoms in total. The number of benzene rings is 2. The summed E-state index contributed by atoms with van der Waals surface area (Å²) in [5, 5.41) is 3.01. The van der Waals surface area contributed by atoms with Gasteiger partial charge in [-0.2, -0.15) is 4.31 Å². The minimum Gasteiger partial charge on any atom is -0.298 e. The molecule has 184 valence electrons. The fourth-order valence-corrected chi connectivity index (χ4v) is 6.60. The number of carbonyl (C=O) groups excluding carboxylic acids is 1. The number of sulfonamides is 2. The van der Waals surface area contributed by atoms with Crippen LogP contribution >= 0.6 is 11.3 Å². The van der Waals surface area contributed by atoms with Crippen molar-refractivity contribution in [2.75, 3.05) is 32.5 Å². The largest absolute Gasteiger partial charge is 0.298 e. The lowest BCUT2D eigenvalue weighted by Crippen LogP contribution is -2.31. The number of aromatic nitrogens is 1. The maximum absolute atomic E-state index is 12.9. The summed E-state index contributed by atoms with van der Waals surface area (Å²) in [6, 6.07) is 10.4. The van der Waals surface area contributed by atoms with E-state index in [0.717, 1.165) is 28.5 Å². The maximum Gasteiger partial charge on any atom is 0.257 e. The lowest BCUT2D eigenvalue weighted by atomic mass is 10.2. The number of nitrogens with zero attached hydrogens (tertiary/aromatic N) is 3. The van der Waals surface area contributed by atoms with Crippen LogP contribution in [-0.2, 0) is 20.0 Å². The highest BCUT2D eigenvalue weighted by atomic mass is 32.2. The van der Waals surface area contributed by atoms with E-state index in [9.17, 15) is 21.6 Å². The first-order valence-electron chi connectivity index (χ1n) is 10.8. The van der Waals surface area contributed by atoms with Crippen LogP contribution in [0.4, 0.5) is 5.13 Å². The van der Waals surface area contributed by atoms with Crippen molar-refractivity contribution in [2.45, 2.75) is 36.5 Å². The number of fused-ring (bicyclic) bond motifs is 1. The first-order chi connectivity index (χ1) is 16.0. The SMILES string of the molecule is CCCCN(CC)S(=O)(=O)c1ccc(C(=O)Nc2nc3ccc(S(=O)(=O)N(C)C)cc3s2)cc1. The van der Waals surface area contributed by atoms with Gasteiger partial charge in [0, 0.05) is 32.7 Å². The summed E-state index contributed by atoms with van der Waals surface area (Å²) in [4.78, 5) is 17.3. The van der Waals surface area contributed by atoms with E-state index in [-0.39, 0.29) is 15.4 Å². The van der Waals surface area contributed by atoms with Gasteiger partial charge in [0.1, 0.15) is 0 Å². The second kappa shape index (κ2) is 10.5. The molecule has 0 aliphatic carbocycles. The molecule has 1 heterocycles. The highest BCUT2D eigenvalue weighted by Crippen LogP contribution is 2.29. The number of rotatable bonds is 10. The van der Waals surface area contributed by atoms with Gasteiger partial charge >= 0.3 is 0 Å². The minimum absolute atomic E-state index is 0.136. The van der Waals surface area contributed by atoms with E-state index in [2.05, 4.69) is 10.3 Å². The van der Waals surface area contributed by atoms with E-state index in [1.807, 2.05) is 6.92 Å². The number of carbonyl (C=O) groups is 1.